The van der Waals surface area contributed by atoms with Crippen LogP contribution in [0, 0.1) is 0 Å². The molecule has 1 saturated heterocycles. The molecule has 4 rings (SSSR count). The number of ketones is 1. The van der Waals surface area contributed by atoms with Crippen molar-refractivity contribution < 1.29 is 19.1 Å². The summed E-state index contributed by atoms with van der Waals surface area (Å²) in [6.45, 7) is 4.67. The fourth-order valence-corrected chi connectivity index (χ4v) is 4.97. The largest absolute Gasteiger partial charge is 0.467 e. The number of amides is 1. The third kappa shape index (κ3) is 3.57. The highest BCUT2D eigenvalue weighted by molar-refractivity contribution is 6.21. The van der Waals surface area contributed by atoms with Gasteiger partial charge in [-0.3, -0.25) is 9.59 Å². The number of ether oxygens (including phenoxy) is 1. The predicted molar refractivity (Wildman–Crippen MR) is 124 cm³/mol. The second-order valence-electron chi connectivity index (χ2n) is 8.19. The number of carbonyl (C=O) groups excluding carboxylic acids is 3. The first kappa shape index (κ1) is 22.9. The van der Waals surface area contributed by atoms with E-state index < -0.39 is 35.3 Å². The summed E-state index contributed by atoms with van der Waals surface area (Å²) in [5, 5.41) is 1.64. The molecule has 172 valence electrons. The first-order chi connectivity index (χ1) is 16.0. The zero-order valence-electron chi connectivity index (χ0n) is 19.1. The Morgan fingerprint density at radius 3 is 2.09 bits per heavy atom. The summed E-state index contributed by atoms with van der Waals surface area (Å²) in [4.78, 5) is 42.6. The summed E-state index contributed by atoms with van der Waals surface area (Å²) in [5.41, 5.74) is 3.10. The number of hydrogen-bond acceptors (Lipinski definition) is 6. The van der Waals surface area contributed by atoms with Crippen molar-refractivity contribution in [3.63, 3.8) is 0 Å². The number of carbonyl (C=O) groups is 3. The van der Waals surface area contributed by atoms with Gasteiger partial charge in [0, 0.05) is 19.0 Å². The van der Waals surface area contributed by atoms with E-state index in [4.69, 9.17) is 4.74 Å². The number of likely N-dealkylation sites (N-methyl/N-ethyl adjacent to an activating group) is 1. The lowest BCUT2D eigenvalue weighted by Crippen LogP contribution is -2.63. The van der Waals surface area contributed by atoms with Gasteiger partial charge in [0.05, 0.1) is 13.2 Å². The average molecular weight is 448 g/mol. The van der Waals surface area contributed by atoms with Crippen LogP contribution in [0.15, 0.2) is 72.8 Å². The SMILES string of the molecule is CCN(CC)C(=O)C1NN2C(c3ccccc3)C=CC(c3ccccc3)C2(C(=O)OC)C1=O. The van der Waals surface area contributed by atoms with Crippen molar-refractivity contribution in [2.45, 2.75) is 37.4 Å². The van der Waals surface area contributed by atoms with E-state index in [-0.39, 0.29) is 5.91 Å². The van der Waals surface area contributed by atoms with Crippen molar-refractivity contribution in [2.24, 2.45) is 0 Å². The highest BCUT2D eigenvalue weighted by Gasteiger charge is 2.68. The molecular weight excluding hydrogens is 418 g/mol. The van der Waals surface area contributed by atoms with Crippen molar-refractivity contribution in [1.29, 1.82) is 0 Å². The van der Waals surface area contributed by atoms with Gasteiger partial charge in [0.1, 0.15) is 0 Å². The van der Waals surface area contributed by atoms with Crippen LogP contribution in [-0.2, 0) is 19.1 Å². The van der Waals surface area contributed by atoms with E-state index in [1.165, 1.54) is 7.11 Å². The third-order valence-corrected chi connectivity index (χ3v) is 6.62. The number of esters is 1. The summed E-state index contributed by atoms with van der Waals surface area (Å²) in [5.74, 6) is -2.15. The van der Waals surface area contributed by atoms with Gasteiger partial charge in [-0.1, -0.05) is 72.8 Å². The summed E-state index contributed by atoms with van der Waals surface area (Å²) in [6, 6.07) is 17.4. The number of hydrazine groups is 1. The molecule has 2 aromatic rings. The average Bonchev–Trinajstić information content (AvgIpc) is 3.18. The van der Waals surface area contributed by atoms with Crippen molar-refractivity contribution in [1.82, 2.24) is 15.3 Å². The van der Waals surface area contributed by atoms with E-state index in [1.807, 2.05) is 86.7 Å². The lowest BCUT2D eigenvalue weighted by Gasteiger charge is -2.45. The van der Waals surface area contributed by atoms with Crippen LogP contribution in [0.3, 0.4) is 0 Å². The van der Waals surface area contributed by atoms with Gasteiger partial charge in [-0.25, -0.2) is 15.2 Å². The molecule has 0 aliphatic carbocycles. The Labute approximate surface area is 194 Å². The molecule has 7 heteroatoms. The molecule has 0 bridgehead atoms. The third-order valence-electron chi connectivity index (χ3n) is 6.62. The van der Waals surface area contributed by atoms with E-state index in [0.29, 0.717) is 13.1 Å². The molecule has 1 fully saturated rings. The molecular formula is C26H29N3O4. The van der Waals surface area contributed by atoms with Crippen LogP contribution in [0.25, 0.3) is 0 Å². The molecule has 0 saturated carbocycles. The minimum absolute atomic E-state index is 0.346. The van der Waals surface area contributed by atoms with Gasteiger partial charge >= 0.3 is 5.97 Å². The van der Waals surface area contributed by atoms with Crippen LogP contribution in [0.4, 0.5) is 0 Å². The van der Waals surface area contributed by atoms with Crippen molar-refractivity contribution in [3.05, 3.63) is 83.9 Å². The zero-order valence-corrected chi connectivity index (χ0v) is 19.1. The number of Topliss-reactive ketones (excluding diaryl/α,β-unsaturated/α-hetero) is 1. The molecule has 1 N–H and O–H groups in total. The Hall–Kier alpha value is -3.29. The normalized spacial score (nSPS) is 26.6. The Morgan fingerprint density at radius 2 is 1.55 bits per heavy atom. The van der Waals surface area contributed by atoms with Gasteiger partial charge < -0.3 is 9.64 Å². The fraction of sp³-hybridized carbons (Fsp3) is 0.346. The molecule has 1 amide bonds. The number of nitrogens with one attached hydrogen (secondary N) is 1. The maximum Gasteiger partial charge on any atom is 0.336 e. The molecule has 0 aromatic heterocycles. The van der Waals surface area contributed by atoms with E-state index in [2.05, 4.69) is 5.43 Å². The Morgan fingerprint density at radius 1 is 0.970 bits per heavy atom. The molecule has 0 radical (unpaired) electrons. The maximum atomic E-state index is 14.1. The van der Waals surface area contributed by atoms with Gasteiger partial charge in [0.25, 0.3) is 0 Å². The minimum atomic E-state index is -1.72. The monoisotopic (exact) mass is 447 g/mol. The first-order valence-corrected chi connectivity index (χ1v) is 11.3. The number of benzene rings is 2. The molecule has 33 heavy (non-hydrogen) atoms. The summed E-state index contributed by atoms with van der Waals surface area (Å²) in [6.07, 6.45) is 3.86. The highest BCUT2D eigenvalue weighted by atomic mass is 16.5. The summed E-state index contributed by atoms with van der Waals surface area (Å²) < 4.78 is 5.24. The van der Waals surface area contributed by atoms with E-state index in [9.17, 15) is 14.4 Å². The van der Waals surface area contributed by atoms with Crippen molar-refractivity contribution >= 4 is 17.7 Å². The second-order valence-corrected chi connectivity index (χ2v) is 8.19. The van der Waals surface area contributed by atoms with Crippen LogP contribution >= 0.6 is 0 Å². The number of fused-ring (bicyclic) bond motifs is 1. The van der Waals surface area contributed by atoms with Crippen LogP contribution in [0.1, 0.15) is 36.9 Å². The highest BCUT2D eigenvalue weighted by Crippen LogP contribution is 2.48. The number of methoxy groups -OCH3 is 1. The molecule has 0 spiro atoms. The topological polar surface area (TPSA) is 79.0 Å². The van der Waals surface area contributed by atoms with E-state index in [0.717, 1.165) is 11.1 Å². The molecule has 2 aromatic carbocycles. The van der Waals surface area contributed by atoms with Gasteiger partial charge in [-0.05, 0) is 25.0 Å². The quantitative estimate of drug-likeness (QED) is 0.417. The fourth-order valence-electron chi connectivity index (χ4n) is 4.97. The minimum Gasteiger partial charge on any atom is -0.467 e. The Kier molecular flexibility index (Phi) is 6.44. The van der Waals surface area contributed by atoms with Crippen LogP contribution in [-0.4, -0.2) is 59.3 Å². The summed E-state index contributed by atoms with van der Waals surface area (Å²) >= 11 is 0. The number of hydrogen-bond donors (Lipinski definition) is 1. The van der Waals surface area contributed by atoms with E-state index in [1.54, 1.807) is 9.91 Å². The molecule has 4 unspecified atom stereocenters. The molecule has 4 atom stereocenters. The Bertz CT molecular complexity index is 1050. The van der Waals surface area contributed by atoms with Gasteiger partial charge in [-0.2, -0.15) is 0 Å². The number of rotatable bonds is 6. The lowest BCUT2D eigenvalue weighted by molar-refractivity contribution is -0.161. The Balaban J connectivity index is 1.92. The molecule has 2 heterocycles. The predicted octanol–water partition coefficient (Wildman–Crippen LogP) is 2.62. The summed E-state index contributed by atoms with van der Waals surface area (Å²) in [7, 11) is 1.28. The second kappa shape index (κ2) is 9.29. The van der Waals surface area contributed by atoms with E-state index >= 15 is 0 Å². The van der Waals surface area contributed by atoms with Crippen molar-refractivity contribution in [2.75, 3.05) is 20.2 Å². The van der Waals surface area contributed by atoms with Crippen LogP contribution in [0.5, 0.6) is 0 Å². The molecule has 2 aliphatic rings. The van der Waals surface area contributed by atoms with Crippen molar-refractivity contribution in [3.8, 4) is 0 Å². The van der Waals surface area contributed by atoms with Crippen LogP contribution in [0.2, 0.25) is 0 Å². The molecule has 7 nitrogen and oxygen atoms in total. The lowest BCUT2D eigenvalue weighted by atomic mass is 9.71. The van der Waals surface area contributed by atoms with Gasteiger partial charge in [0.2, 0.25) is 11.4 Å². The van der Waals surface area contributed by atoms with Gasteiger partial charge in [-0.15, -0.1) is 0 Å². The zero-order chi connectivity index (χ0) is 23.6. The maximum absolute atomic E-state index is 14.1. The van der Waals surface area contributed by atoms with Gasteiger partial charge in [0.15, 0.2) is 11.8 Å². The standard InChI is InChI=1S/C26H29N3O4/c1-4-28(5-2)24(31)22-23(30)26(25(32)33-3)20(18-12-8-6-9-13-18)16-17-21(29(26)27-22)19-14-10-7-11-15-19/h6-17,20-22,27H,4-5H2,1-3H3. The number of nitrogens with zero attached hydrogens (tertiary/aromatic N) is 2. The van der Waals surface area contributed by atoms with Crippen LogP contribution < -0.4 is 5.43 Å². The molecule has 2 aliphatic heterocycles. The first-order valence-electron chi connectivity index (χ1n) is 11.3. The smallest absolute Gasteiger partial charge is 0.336 e.